The monoisotopic (exact) mass is 388 g/mol. The molecule has 1 aliphatic heterocycles. The van der Waals surface area contributed by atoms with Crippen molar-refractivity contribution in [2.75, 3.05) is 6.61 Å². The number of aromatic amines is 1. The number of hydrogen-bond donors (Lipinski definition) is 1. The molecule has 0 spiro atoms. The van der Waals surface area contributed by atoms with E-state index < -0.39 is 20.2 Å². The minimum atomic E-state index is -1.99. The normalized spacial score (nSPS) is 24.7. The zero-order chi connectivity index (χ0) is 19.0. The molecule has 1 fully saturated rings. The number of H-pyrrole nitrogens is 1. The van der Waals surface area contributed by atoms with Crippen molar-refractivity contribution in [2.45, 2.75) is 70.7 Å². The molecule has 0 aliphatic carbocycles. The van der Waals surface area contributed by atoms with E-state index >= 15 is 0 Å². The predicted octanol–water partition coefficient (Wildman–Crippen LogP) is 2.33. The Balaban J connectivity index is 2.27. The van der Waals surface area contributed by atoms with Crippen molar-refractivity contribution in [1.29, 1.82) is 0 Å². The summed E-state index contributed by atoms with van der Waals surface area (Å²) in [4.78, 5) is 26.1. The third-order valence-electron chi connectivity index (χ3n) is 5.15. The lowest BCUT2D eigenvalue weighted by Crippen LogP contribution is -2.46. The fourth-order valence-corrected chi connectivity index (χ4v) is 4.14. The fraction of sp³-hybridized carbons (Fsp3) is 0.750. The minimum Gasteiger partial charge on any atom is -0.411 e. The van der Waals surface area contributed by atoms with Gasteiger partial charge in [-0.15, -0.1) is 0 Å². The standard InChI is InChI=1S/C16H29N2O5PSi/c1-10-8-18(15(20)17-14(10)19)13-7-11(12(22-13)9-21-24)23-25(5,6)16(2,3)4/h8,11-13H,7,9,24H2,1-6H3,(H,17,19,20)/t11?,12-,13-/m1/s1. The van der Waals surface area contributed by atoms with Gasteiger partial charge in [0.25, 0.3) is 5.56 Å². The Morgan fingerprint density at radius 2 is 2.04 bits per heavy atom. The number of rotatable bonds is 5. The van der Waals surface area contributed by atoms with Crippen LogP contribution in [-0.2, 0) is 13.7 Å². The van der Waals surface area contributed by atoms with E-state index in [-0.39, 0.29) is 22.8 Å². The predicted molar refractivity (Wildman–Crippen MR) is 102 cm³/mol. The molecule has 0 amide bonds. The smallest absolute Gasteiger partial charge is 0.330 e. The highest BCUT2D eigenvalue weighted by molar-refractivity contribution is 7.09. The molecule has 2 heterocycles. The first kappa shape index (κ1) is 20.5. The van der Waals surface area contributed by atoms with Crippen LogP contribution in [0, 0.1) is 6.92 Å². The summed E-state index contributed by atoms with van der Waals surface area (Å²) >= 11 is 0. The summed E-state index contributed by atoms with van der Waals surface area (Å²) in [6, 6.07) is 0. The first-order valence-electron chi connectivity index (χ1n) is 8.43. The van der Waals surface area contributed by atoms with Crippen molar-refractivity contribution >= 4 is 17.8 Å². The molecular weight excluding hydrogens is 359 g/mol. The molecule has 2 rings (SSSR count). The van der Waals surface area contributed by atoms with Crippen LogP contribution in [0.4, 0.5) is 0 Å². The van der Waals surface area contributed by atoms with E-state index in [9.17, 15) is 9.59 Å². The molecule has 0 radical (unpaired) electrons. The van der Waals surface area contributed by atoms with E-state index in [4.69, 9.17) is 13.7 Å². The summed E-state index contributed by atoms with van der Waals surface area (Å²) in [6.07, 6.45) is 1.17. The molecule has 0 bridgehead atoms. The third kappa shape index (κ3) is 4.49. The second-order valence-corrected chi connectivity index (χ2v) is 13.2. The van der Waals surface area contributed by atoms with Gasteiger partial charge in [-0.2, -0.15) is 0 Å². The van der Waals surface area contributed by atoms with Crippen molar-refractivity contribution in [2.24, 2.45) is 0 Å². The highest BCUT2D eigenvalue weighted by Gasteiger charge is 2.45. The minimum absolute atomic E-state index is 0.0723. The van der Waals surface area contributed by atoms with Crippen molar-refractivity contribution in [3.8, 4) is 0 Å². The zero-order valence-electron chi connectivity index (χ0n) is 15.8. The molecule has 1 saturated heterocycles. The molecular formula is C16H29N2O5PSi. The summed E-state index contributed by atoms with van der Waals surface area (Å²) < 4.78 is 19.2. The van der Waals surface area contributed by atoms with Gasteiger partial charge in [-0.3, -0.25) is 14.3 Å². The van der Waals surface area contributed by atoms with Gasteiger partial charge in [0.1, 0.15) is 12.3 Å². The lowest BCUT2D eigenvalue weighted by atomic mass is 10.2. The quantitative estimate of drug-likeness (QED) is 0.618. The number of ether oxygens (including phenoxy) is 1. The molecule has 1 aromatic rings. The number of aromatic nitrogens is 2. The van der Waals surface area contributed by atoms with Crippen LogP contribution >= 0.6 is 9.47 Å². The van der Waals surface area contributed by atoms with Crippen LogP contribution in [0.1, 0.15) is 39.0 Å². The molecule has 1 N–H and O–H groups in total. The number of aryl methyl sites for hydroxylation is 1. The van der Waals surface area contributed by atoms with Gasteiger partial charge in [0.2, 0.25) is 0 Å². The van der Waals surface area contributed by atoms with Gasteiger partial charge < -0.3 is 13.7 Å². The van der Waals surface area contributed by atoms with E-state index in [0.29, 0.717) is 18.6 Å². The fourth-order valence-electron chi connectivity index (χ4n) is 2.60. The second kappa shape index (κ2) is 7.45. The molecule has 7 nitrogen and oxygen atoms in total. The molecule has 0 saturated carbocycles. The Bertz CT molecular complexity index is 724. The first-order valence-corrected chi connectivity index (χ1v) is 11.8. The number of hydrogen-bond acceptors (Lipinski definition) is 5. The number of nitrogens with one attached hydrogen (secondary N) is 1. The molecule has 142 valence electrons. The van der Waals surface area contributed by atoms with Crippen LogP contribution in [0.3, 0.4) is 0 Å². The highest BCUT2D eigenvalue weighted by atomic mass is 31.0. The van der Waals surface area contributed by atoms with Gasteiger partial charge in [0, 0.05) is 27.6 Å². The molecule has 25 heavy (non-hydrogen) atoms. The number of nitrogens with zero attached hydrogens (tertiary/aromatic N) is 1. The Kier molecular flexibility index (Phi) is 6.11. The van der Waals surface area contributed by atoms with Crippen LogP contribution in [0.2, 0.25) is 18.1 Å². The summed E-state index contributed by atoms with van der Waals surface area (Å²) in [5.41, 5.74) is -0.381. The van der Waals surface area contributed by atoms with E-state index in [1.54, 1.807) is 13.1 Å². The average molecular weight is 388 g/mol. The van der Waals surface area contributed by atoms with E-state index in [1.165, 1.54) is 4.57 Å². The maximum atomic E-state index is 12.2. The van der Waals surface area contributed by atoms with Gasteiger partial charge in [-0.05, 0) is 25.1 Å². The molecule has 9 heteroatoms. The Hall–Kier alpha value is -0.793. The third-order valence-corrected chi connectivity index (χ3v) is 9.85. The van der Waals surface area contributed by atoms with Gasteiger partial charge in [-0.25, -0.2) is 4.79 Å². The second-order valence-electron chi connectivity index (χ2n) is 8.09. The van der Waals surface area contributed by atoms with Gasteiger partial charge in [0.15, 0.2) is 8.32 Å². The SMILES string of the molecule is Cc1cn([C@H]2CC(O[Si](C)(C)C(C)(C)C)[C@@H](COP)O2)c(=O)[nH]c1=O. The largest absolute Gasteiger partial charge is 0.411 e. The van der Waals surface area contributed by atoms with Crippen molar-refractivity contribution in [3.05, 3.63) is 32.6 Å². The lowest BCUT2D eigenvalue weighted by molar-refractivity contribution is -0.0362. The molecule has 1 aliphatic rings. The Morgan fingerprint density at radius 1 is 1.40 bits per heavy atom. The zero-order valence-corrected chi connectivity index (χ0v) is 17.9. The van der Waals surface area contributed by atoms with Crippen LogP contribution in [0.25, 0.3) is 0 Å². The maximum Gasteiger partial charge on any atom is 0.330 e. The average Bonchev–Trinajstić information content (AvgIpc) is 2.84. The molecule has 0 aromatic carbocycles. The summed E-state index contributed by atoms with van der Waals surface area (Å²) in [5, 5.41) is 0.0723. The van der Waals surface area contributed by atoms with Crippen LogP contribution < -0.4 is 11.2 Å². The van der Waals surface area contributed by atoms with E-state index in [2.05, 4.69) is 48.3 Å². The molecule has 4 atom stereocenters. The van der Waals surface area contributed by atoms with Crippen molar-refractivity contribution < 1.29 is 13.7 Å². The van der Waals surface area contributed by atoms with Crippen LogP contribution in [0.15, 0.2) is 15.8 Å². The Labute approximate surface area is 151 Å². The van der Waals surface area contributed by atoms with Crippen molar-refractivity contribution in [1.82, 2.24) is 9.55 Å². The van der Waals surface area contributed by atoms with Crippen molar-refractivity contribution in [3.63, 3.8) is 0 Å². The topological polar surface area (TPSA) is 82.6 Å². The van der Waals surface area contributed by atoms with E-state index in [1.807, 2.05) is 0 Å². The van der Waals surface area contributed by atoms with Gasteiger partial charge in [-0.1, -0.05) is 20.8 Å². The lowest BCUT2D eigenvalue weighted by Gasteiger charge is -2.39. The first-order chi connectivity index (χ1) is 11.5. The van der Waals surface area contributed by atoms with Crippen LogP contribution in [-0.4, -0.2) is 36.7 Å². The maximum absolute atomic E-state index is 12.2. The molecule has 2 unspecified atom stereocenters. The van der Waals surface area contributed by atoms with Crippen LogP contribution in [0.5, 0.6) is 0 Å². The van der Waals surface area contributed by atoms with E-state index in [0.717, 1.165) is 0 Å². The van der Waals surface area contributed by atoms with Gasteiger partial charge >= 0.3 is 5.69 Å². The molecule has 1 aromatic heterocycles. The summed E-state index contributed by atoms with van der Waals surface area (Å²) in [6.45, 7) is 13.0. The Morgan fingerprint density at radius 3 is 2.60 bits per heavy atom. The highest BCUT2D eigenvalue weighted by Crippen LogP contribution is 2.41. The summed E-state index contributed by atoms with van der Waals surface area (Å²) in [7, 11) is 0.232. The van der Waals surface area contributed by atoms with Gasteiger partial charge in [0.05, 0.1) is 12.7 Å². The summed E-state index contributed by atoms with van der Waals surface area (Å²) in [5.74, 6) is 0.